The van der Waals surface area contributed by atoms with E-state index in [0.29, 0.717) is 35.0 Å². The number of aromatic amines is 1. The van der Waals surface area contributed by atoms with Crippen LogP contribution < -0.4 is 20.5 Å². The number of nitrogens with one attached hydrogen (secondary N) is 2. The van der Waals surface area contributed by atoms with Gasteiger partial charge >= 0.3 is 0 Å². The minimum absolute atomic E-state index is 0.0580. The van der Waals surface area contributed by atoms with Crippen molar-refractivity contribution in [1.82, 2.24) is 15.2 Å². The summed E-state index contributed by atoms with van der Waals surface area (Å²) in [5.74, 6) is 1.11. The Morgan fingerprint density at radius 3 is 2.58 bits per heavy atom. The topological polar surface area (TPSA) is 100 Å². The number of likely N-dealkylation sites (tertiary alicyclic amines) is 1. The lowest BCUT2D eigenvalue weighted by molar-refractivity contribution is 0.0845. The number of benzene rings is 1. The first-order valence-corrected chi connectivity index (χ1v) is 14.6. The third-order valence-corrected chi connectivity index (χ3v) is 8.28. The number of pyridine rings is 1. The molecular formula is C31H42N4O5. The highest BCUT2D eigenvalue weighted by molar-refractivity contribution is 6.09. The maximum atomic E-state index is 14.0. The number of hydrogen-bond acceptors (Lipinski definition) is 7. The van der Waals surface area contributed by atoms with Crippen LogP contribution in [0.4, 0.5) is 5.69 Å². The summed E-state index contributed by atoms with van der Waals surface area (Å²) in [6.07, 6.45) is 5.00. The molecule has 0 atom stereocenters. The molecule has 40 heavy (non-hydrogen) atoms. The van der Waals surface area contributed by atoms with Gasteiger partial charge in [0.15, 0.2) is 0 Å². The van der Waals surface area contributed by atoms with Crippen molar-refractivity contribution >= 4 is 22.6 Å². The molecule has 0 spiro atoms. The smallest absolute Gasteiger partial charge is 0.256 e. The number of rotatable bonds is 10. The van der Waals surface area contributed by atoms with E-state index in [0.717, 1.165) is 80.2 Å². The van der Waals surface area contributed by atoms with E-state index >= 15 is 0 Å². The Morgan fingerprint density at radius 2 is 1.90 bits per heavy atom. The summed E-state index contributed by atoms with van der Waals surface area (Å²) < 4.78 is 17.5. The lowest BCUT2D eigenvalue weighted by Gasteiger charge is -2.37. The van der Waals surface area contributed by atoms with E-state index in [1.807, 2.05) is 6.07 Å². The Morgan fingerprint density at radius 1 is 1.15 bits per heavy atom. The first kappa shape index (κ1) is 28.2. The molecule has 216 valence electrons. The van der Waals surface area contributed by atoms with Gasteiger partial charge in [0.05, 0.1) is 31.3 Å². The molecular weight excluding hydrogens is 508 g/mol. The number of H-pyrrole nitrogens is 1. The molecule has 2 N–H and O–H groups in total. The fraction of sp³-hybridized carbons (Fsp3) is 0.548. The summed E-state index contributed by atoms with van der Waals surface area (Å²) in [5.41, 5.74) is 4.23. The van der Waals surface area contributed by atoms with Crippen LogP contribution >= 0.6 is 0 Å². The molecule has 0 bridgehead atoms. The number of methoxy groups -OCH3 is 1. The van der Waals surface area contributed by atoms with Crippen molar-refractivity contribution in [2.45, 2.75) is 72.0 Å². The summed E-state index contributed by atoms with van der Waals surface area (Å²) in [6, 6.07) is 6.28. The Labute approximate surface area is 235 Å². The van der Waals surface area contributed by atoms with Crippen molar-refractivity contribution in [1.29, 1.82) is 0 Å². The molecule has 3 aromatic rings. The number of aryl methyl sites for hydroxylation is 1. The number of ether oxygens (including phenoxy) is 2. The molecule has 0 aliphatic carbocycles. The number of hydrogen-bond donors (Lipinski definition) is 2. The van der Waals surface area contributed by atoms with Crippen molar-refractivity contribution in [3.63, 3.8) is 0 Å². The second kappa shape index (κ2) is 12.5. The van der Waals surface area contributed by atoms with Crippen molar-refractivity contribution in [3.05, 3.63) is 56.7 Å². The molecule has 5 rings (SSSR count). The van der Waals surface area contributed by atoms with Gasteiger partial charge < -0.3 is 29.1 Å². The molecule has 2 aliphatic rings. The standard InChI is InChI=1S/C31H42N4O5/c1-5-23-26(35(6-2)21-9-13-39-14-10-21)17-28-24(16-22(40-28)19-34-11-7-8-12-34)29(23)31(37)32-18-25-27(38-4)15-20(3)33-30(25)36/h15-17,21H,5-14,18-19H2,1-4H3,(H,32,37)(H,33,36). The van der Waals surface area contributed by atoms with Crippen LogP contribution in [0.3, 0.4) is 0 Å². The second-order valence-corrected chi connectivity index (χ2v) is 10.9. The highest BCUT2D eigenvalue weighted by atomic mass is 16.5. The third-order valence-electron chi connectivity index (χ3n) is 8.28. The fourth-order valence-corrected chi connectivity index (χ4v) is 6.29. The van der Waals surface area contributed by atoms with Crippen LogP contribution in [-0.2, 0) is 24.2 Å². The maximum Gasteiger partial charge on any atom is 0.256 e. The summed E-state index contributed by atoms with van der Waals surface area (Å²) >= 11 is 0. The van der Waals surface area contributed by atoms with E-state index in [1.54, 1.807) is 13.0 Å². The number of furan rings is 1. The zero-order chi connectivity index (χ0) is 28.2. The molecule has 1 amide bonds. The van der Waals surface area contributed by atoms with Crippen LogP contribution in [0.5, 0.6) is 5.75 Å². The Bertz CT molecular complexity index is 1400. The molecule has 0 unspecified atom stereocenters. The zero-order valence-corrected chi connectivity index (χ0v) is 24.2. The summed E-state index contributed by atoms with van der Waals surface area (Å²) in [7, 11) is 1.53. The van der Waals surface area contributed by atoms with Gasteiger partial charge in [-0.25, -0.2) is 0 Å². The number of carbonyl (C=O) groups excluding carboxylic acids is 1. The monoisotopic (exact) mass is 550 g/mol. The Balaban J connectivity index is 1.56. The van der Waals surface area contributed by atoms with Gasteiger partial charge in [0, 0.05) is 48.6 Å². The predicted molar refractivity (Wildman–Crippen MR) is 156 cm³/mol. The van der Waals surface area contributed by atoms with E-state index < -0.39 is 0 Å². The maximum absolute atomic E-state index is 14.0. The number of anilines is 1. The van der Waals surface area contributed by atoms with Crippen LogP contribution in [0.1, 0.15) is 72.5 Å². The molecule has 2 fully saturated rings. The average Bonchev–Trinajstić information content (AvgIpc) is 3.61. The van der Waals surface area contributed by atoms with Crippen molar-refractivity contribution in [2.24, 2.45) is 0 Å². The SMILES string of the molecule is CCc1c(N(CC)C2CCOCC2)cc2oc(CN3CCCC3)cc2c1C(=O)NCc1c(OC)cc(C)[nH]c1=O. The van der Waals surface area contributed by atoms with Gasteiger partial charge in [-0.2, -0.15) is 0 Å². The summed E-state index contributed by atoms with van der Waals surface area (Å²) in [4.78, 5) is 34.4. The van der Waals surface area contributed by atoms with Crippen LogP contribution in [0.25, 0.3) is 11.0 Å². The second-order valence-electron chi connectivity index (χ2n) is 10.9. The van der Waals surface area contributed by atoms with Crippen LogP contribution in [0.15, 0.2) is 27.4 Å². The minimum Gasteiger partial charge on any atom is -0.496 e. The first-order chi connectivity index (χ1) is 19.4. The fourth-order valence-electron chi connectivity index (χ4n) is 6.29. The van der Waals surface area contributed by atoms with Gasteiger partial charge in [-0.05, 0) is 76.7 Å². The lowest BCUT2D eigenvalue weighted by atomic mass is 9.95. The van der Waals surface area contributed by atoms with Gasteiger partial charge in [-0.15, -0.1) is 0 Å². The van der Waals surface area contributed by atoms with Gasteiger partial charge in [-0.3, -0.25) is 14.5 Å². The van der Waals surface area contributed by atoms with E-state index in [1.165, 1.54) is 20.0 Å². The number of nitrogens with zero attached hydrogens (tertiary/aromatic N) is 2. The van der Waals surface area contributed by atoms with E-state index in [2.05, 4.69) is 40.0 Å². The Hall–Kier alpha value is -3.30. The largest absolute Gasteiger partial charge is 0.496 e. The summed E-state index contributed by atoms with van der Waals surface area (Å²) in [6.45, 7) is 11.3. The molecule has 4 heterocycles. The average molecular weight is 551 g/mol. The van der Waals surface area contributed by atoms with Crippen molar-refractivity contribution in [2.75, 3.05) is 44.9 Å². The zero-order valence-electron chi connectivity index (χ0n) is 24.2. The molecule has 2 aromatic heterocycles. The molecule has 9 nitrogen and oxygen atoms in total. The molecule has 2 saturated heterocycles. The number of fused-ring (bicyclic) bond motifs is 1. The third kappa shape index (κ3) is 5.76. The highest BCUT2D eigenvalue weighted by Gasteiger charge is 2.28. The van der Waals surface area contributed by atoms with Gasteiger partial charge in [0.25, 0.3) is 11.5 Å². The van der Waals surface area contributed by atoms with Gasteiger partial charge in [-0.1, -0.05) is 6.92 Å². The van der Waals surface area contributed by atoms with Gasteiger partial charge in [0.1, 0.15) is 17.1 Å². The molecule has 0 radical (unpaired) electrons. The van der Waals surface area contributed by atoms with Crippen LogP contribution in [0.2, 0.25) is 0 Å². The van der Waals surface area contributed by atoms with Crippen molar-refractivity contribution < 1.29 is 18.7 Å². The van der Waals surface area contributed by atoms with E-state index in [-0.39, 0.29) is 18.0 Å². The Kier molecular flexibility index (Phi) is 8.81. The summed E-state index contributed by atoms with van der Waals surface area (Å²) in [5, 5.41) is 3.85. The van der Waals surface area contributed by atoms with Crippen molar-refractivity contribution in [3.8, 4) is 5.75 Å². The molecule has 0 saturated carbocycles. The molecule has 1 aromatic carbocycles. The quantitative estimate of drug-likeness (QED) is 0.383. The number of aromatic nitrogens is 1. The predicted octanol–water partition coefficient (Wildman–Crippen LogP) is 4.53. The lowest BCUT2D eigenvalue weighted by Crippen LogP contribution is -2.40. The highest BCUT2D eigenvalue weighted by Crippen LogP contribution is 2.37. The van der Waals surface area contributed by atoms with E-state index in [9.17, 15) is 9.59 Å². The normalized spacial score (nSPS) is 16.5. The molecule has 9 heteroatoms. The van der Waals surface area contributed by atoms with Gasteiger partial charge in [0.2, 0.25) is 0 Å². The molecule has 2 aliphatic heterocycles. The minimum atomic E-state index is -0.264. The van der Waals surface area contributed by atoms with E-state index in [4.69, 9.17) is 13.9 Å². The van der Waals surface area contributed by atoms with Crippen LogP contribution in [0, 0.1) is 6.92 Å². The van der Waals surface area contributed by atoms with Crippen LogP contribution in [-0.4, -0.2) is 61.8 Å². The number of amides is 1. The first-order valence-electron chi connectivity index (χ1n) is 14.6. The number of carbonyl (C=O) groups is 1.